The van der Waals surface area contributed by atoms with Crippen molar-refractivity contribution >= 4 is 16.9 Å². The number of carbonyl (C=O) groups excluding carboxylic acids is 1. The number of ether oxygens (including phenoxy) is 2. The molecule has 5 heteroatoms. The Labute approximate surface area is 167 Å². The predicted octanol–water partition coefficient (Wildman–Crippen LogP) is 5.00. The molecule has 0 N–H and O–H groups in total. The van der Waals surface area contributed by atoms with E-state index in [1.54, 1.807) is 67.8 Å². The quantitative estimate of drug-likeness (QED) is 0.462. The van der Waals surface area contributed by atoms with Gasteiger partial charge >= 0.3 is 5.97 Å². The van der Waals surface area contributed by atoms with Gasteiger partial charge in [-0.3, -0.25) is 4.79 Å². The van der Waals surface area contributed by atoms with Gasteiger partial charge < -0.3 is 13.9 Å². The fourth-order valence-electron chi connectivity index (χ4n) is 3.10. The zero-order valence-corrected chi connectivity index (χ0v) is 16.0. The monoisotopic (exact) mass is 386 g/mol. The van der Waals surface area contributed by atoms with Crippen molar-refractivity contribution < 1.29 is 18.7 Å². The Hall–Kier alpha value is -3.86. The van der Waals surface area contributed by atoms with Gasteiger partial charge in [-0.15, -0.1) is 0 Å². The molecule has 0 fully saturated rings. The van der Waals surface area contributed by atoms with E-state index in [0.717, 1.165) is 5.56 Å². The summed E-state index contributed by atoms with van der Waals surface area (Å²) in [5, 5.41) is 0.345. The maximum absolute atomic E-state index is 13.1. The Morgan fingerprint density at radius 1 is 0.897 bits per heavy atom. The highest BCUT2D eigenvalue weighted by Crippen LogP contribution is 2.32. The minimum absolute atomic E-state index is 0.137. The molecule has 0 bridgehead atoms. The molecule has 0 saturated carbocycles. The van der Waals surface area contributed by atoms with Crippen molar-refractivity contribution in [2.45, 2.75) is 6.92 Å². The van der Waals surface area contributed by atoms with Crippen LogP contribution in [0.25, 0.3) is 22.3 Å². The van der Waals surface area contributed by atoms with Crippen molar-refractivity contribution in [1.29, 1.82) is 0 Å². The van der Waals surface area contributed by atoms with Crippen molar-refractivity contribution in [3.05, 3.63) is 94.1 Å². The average Bonchev–Trinajstić information content (AvgIpc) is 2.76. The Morgan fingerprint density at radius 2 is 1.59 bits per heavy atom. The van der Waals surface area contributed by atoms with Crippen LogP contribution < -0.4 is 14.9 Å². The first-order chi connectivity index (χ1) is 14.1. The van der Waals surface area contributed by atoms with Gasteiger partial charge in [0.15, 0.2) is 5.76 Å². The number of hydrogen-bond acceptors (Lipinski definition) is 5. The lowest BCUT2D eigenvalue weighted by atomic mass is 10.1. The van der Waals surface area contributed by atoms with Crippen molar-refractivity contribution in [3.63, 3.8) is 0 Å². The molecular formula is C24H18O5. The van der Waals surface area contributed by atoms with E-state index in [0.29, 0.717) is 27.8 Å². The van der Waals surface area contributed by atoms with Crippen molar-refractivity contribution in [1.82, 2.24) is 0 Å². The smallest absolute Gasteiger partial charge is 0.344 e. The molecule has 144 valence electrons. The van der Waals surface area contributed by atoms with Crippen LogP contribution in [0.3, 0.4) is 0 Å². The Balaban J connectivity index is 1.88. The Morgan fingerprint density at radius 3 is 2.31 bits per heavy atom. The van der Waals surface area contributed by atoms with Gasteiger partial charge in [-0.1, -0.05) is 30.3 Å². The summed E-state index contributed by atoms with van der Waals surface area (Å²) in [5.41, 5.74) is 1.76. The fraction of sp³-hybridized carbons (Fsp3) is 0.0833. The van der Waals surface area contributed by atoms with Crippen molar-refractivity contribution in [2.75, 3.05) is 7.11 Å². The molecule has 29 heavy (non-hydrogen) atoms. The van der Waals surface area contributed by atoms with Crippen LogP contribution >= 0.6 is 0 Å². The minimum atomic E-state index is -0.611. The molecule has 0 saturated heterocycles. The summed E-state index contributed by atoms with van der Waals surface area (Å²) in [6.07, 6.45) is 0. The second kappa shape index (κ2) is 7.64. The normalized spacial score (nSPS) is 10.7. The summed E-state index contributed by atoms with van der Waals surface area (Å²) >= 11 is 0. The van der Waals surface area contributed by atoms with Gasteiger partial charge in [0, 0.05) is 5.56 Å². The minimum Gasteiger partial charge on any atom is -0.497 e. The topological polar surface area (TPSA) is 65.7 Å². The Bertz CT molecular complexity index is 1250. The highest BCUT2D eigenvalue weighted by atomic mass is 16.5. The summed E-state index contributed by atoms with van der Waals surface area (Å²) in [5.74, 6) is 0.108. The van der Waals surface area contributed by atoms with Crippen LogP contribution in [-0.4, -0.2) is 13.1 Å². The van der Waals surface area contributed by atoms with Crippen LogP contribution in [0.2, 0.25) is 0 Å². The number of benzene rings is 3. The van der Waals surface area contributed by atoms with Gasteiger partial charge in [0.2, 0.25) is 11.2 Å². The van der Waals surface area contributed by atoms with Gasteiger partial charge in [-0.25, -0.2) is 4.79 Å². The average molecular weight is 386 g/mol. The molecule has 5 nitrogen and oxygen atoms in total. The fourth-order valence-corrected chi connectivity index (χ4v) is 3.10. The molecule has 0 atom stereocenters. The number of aryl methyl sites for hydroxylation is 1. The first-order valence-electron chi connectivity index (χ1n) is 9.06. The number of hydrogen-bond donors (Lipinski definition) is 0. The van der Waals surface area contributed by atoms with E-state index < -0.39 is 11.4 Å². The van der Waals surface area contributed by atoms with Crippen LogP contribution in [0.4, 0.5) is 0 Å². The Kier molecular flexibility index (Phi) is 4.87. The maximum atomic E-state index is 13.1. The van der Waals surface area contributed by atoms with Gasteiger partial charge in [0.05, 0.1) is 18.1 Å². The van der Waals surface area contributed by atoms with Crippen molar-refractivity contribution in [3.8, 4) is 22.8 Å². The number of methoxy groups -OCH3 is 1. The van der Waals surface area contributed by atoms with Gasteiger partial charge in [-0.2, -0.15) is 0 Å². The number of rotatable bonds is 4. The van der Waals surface area contributed by atoms with E-state index in [-0.39, 0.29) is 11.5 Å². The number of carbonyl (C=O) groups is 1. The summed E-state index contributed by atoms with van der Waals surface area (Å²) < 4.78 is 16.8. The van der Waals surface area contributed by atoms with E-state index in [9.17, 15) is 9.59 Å². The first-order valence-corrected chi connectivity index (χ1v) is 9.06. The summed E-state index contributed by atoms with van der Waals surface area (Å²) in [6.45, 7) is 1.81. The lowest BCUT2D eigenvalue weighted by Gasteiger charge is -2.12. The molecule has 0 spiro atoms. The maximum Gasteiger partial charge on any atom is 0.344 e. The second-order valence-corrected chi connectivity index (χ2v) is 6.52. The molecule has 0 aliphatic carbocycles. The molecule has 1 aromatic heterocycles. The van der Waals surface area contributed by atoms with Crippen LogP contribution in [0.5, 0.6) is 11.5 Å². The summed E-state index contributed by atoms with van der Waals surface area (Å²) in [4.78, 5) is 25.9. The van der Waals surface area contributed by atoms with Crippen molar-refractivity contribution in [2.24, 2.45) is 0 Å². The van der Waals surface area contributed by atoms with Crippen LogP contribution in [-0.2, 0) is 0 Å². The molecule has 1 heterocycles. The molecule has 0 aliphatic rings. The van der Waals surface area contributed by atoms with E-state index in [2.05, 4.69) is 0 Å². The predicted molar refractivity (Wildman–Crippen MR) is 111 cm³/mol. The largest absolute Gasteiger partial charge is 0.497 e. The second-order valence-electron chi connectivity index (χ2n) is 6.52. The molecule has 4 aromatic rings. The zero-order chi connectivity index (χ0) is 20.4. The molecule has 3 aromatic carbocycles. The van der Waals surface area contributed by atoms with Crippen LogP contribution in [0.15, 0.2) is 82.0 Å². The standard InChI is InChI=1S/C24H18O5/c1-15-7-3-4-8-18(15)24(26)29-23-21(25)19-9-5-6-10-20(19)28-22(23)16-11-13-17(27-2)14-12-16/h3-14H,1-2H3. The van der Waals surface area contributed by atoms with Crippen LogP contribution in [0.1, 0.15) is 15.9 Å². The van der Waals surface area contributed by atoms with Gasteiger partial charge in [0.1, 0.15) is 11.3 Å². The molecule has 0 aliphatic heterocycles. The molecule has 0 amide bonds. The number of para-hydroxylation sites is 1. The zero-order valence-electron chi connectivity index (χ0n) is 16.0. The summed E-state index contributed by atoms with van der Waals surface area (Å²) in [7, 11) is 1.57. The van der Waals surface area contributed by atoms with E-state index in [4.69, 9.17) is 13.9 Å². The third-order valence-electron chi connectivity index (χ3n) is 4.67. The van der Waals surface area contributed by atoms with Crippen LogP contribution in [0, 0.1) is 6.92 Å². The van der Waals surface area contributed by atoms with Gasteiger partial charge in [-0.05, 0) is 55.0 Å². The number of esters is 1. The number of fused-ring (bicyclic) bond motifs is 1. The molecular weight excluding hydrogens is 368 g/mol. The van der Waals surface area contributed by atoms with Gasteiger partial charge in [0.25, 0.3) is 0 Å². The first kappa shape index (κ1) is 18.5. The lowest BCUT2D eigenvalue weighted by molar-refractivity contribution is 0.0730. The summed E-state index contributed by atoms with van der Waals surface area (Å²) in [6, 6.07) is 20.9. The molecule has 0 radical (unpaired) electrons. The van der Waals surface area contributed by atoms with E-state index in [1.807, 2.05) is 19.1 Å². The van der Waals surface area contributed by atoms with E-state index in [1.165, 1.54) is 0 Å². The molecule has 4 rings (SSSR count). The third-order valence-corrected chi connectivity index (χ3v) is 4.67. The third kappa shape index (κ3) is 3.50. The van der Waals surface area contributed by atoms with E-state index >= 15 is 0 Å². The lowest BCUT2D eigenvalue weighted by Crippen LogP contribution is -2.17. The highest BCUT2D eigenvalue weighted by Gasteiger charge is 2.22. The SMILES string of the molecule is COc1ccc(-c2oc3ccccc3c(=O)c2OC(=O)c2ccccc2C)cc1. The molecule has 0 unspecified atom stereocenters. The highest BCUT2D eigenvalue weighted by molar-refractivity contribution is 5.94.